The zero-order chi connectivity index (χ0) is 27.1. The van der Waals surface area contributed by atoms with Crippen molar-refractivity contribution in [2.75, 3.05) is 37.7 Å². The first-order valence-corrected chi connectivity index (χ1v) is 13.8. The first kappa shape index (κ1) is 27.3. The molecule has 3 aromatic rings. The van der Waals surface area contributed by atoms with Crippen molar-refractivity contribution in [2.45, 2.75) is 31.5 Å². The van der Waals surface area contributed by atoms with Crippen molar-refractivity contribution in [2.24, 2.45) is 0 Å². The fraction of sp³-hybridized carbons (Fsp3) is 0.321. The Morgan fingerprint density at radius 2 is 1.58 bits per heavy atom. The van der Waals surface area contributed by atoms with Gasteiger partial charge in [-0.15, -0.1) is 0 Å². The maximum Gasteiger partial charge on any atom is 0.341 e. The Labute approximate surface area is 223 Å². The van der Waals surface area contributed by atoms with Crippen LogP contribution in [0.3, 0.4) is 0 Å². The van der Waals surface area contributed by atoms with E-state index in [1.54, 1.807) is 36.4 Å². The van der Waals surface area contributed by atoms with Gasteiger partial charge in [0.2, 0.25) is 10.0 Å². The van der Waals surface area contributed by atoms with E-state index >= 15 is 0 Å². The van der Waals surface area contributed by atoms with Crippen molar-refractivity contribution in [3.8, 4) is 17.2 Å². The zero-order valence-corrected chi connectivity index (χ0v) is 22.3. The Bertz CT molecular complexity index is 1320. The van der Waals surface area contributed by atoms with Gasteiger partial charge in [0.25, 0.3) is 0 Å². The van der Waals surface area contributed by atoms with Crippen LogP contribution in [0.4, 0.5) is 5.69 Å². The van der Waals surface area contributed by atoms with Gasteiger partial charge in [-0.25, -0.2) is 13.2 Å². The number of hydrogen-bond acceptors (Lipinski definition) is 7. The average Bonchev–Trinajstić information content (AvgIpc) is 2.91. The molecule has 0 spiro atoms. The van der Waals surface area contributed by atoms with Gasteiger partial charge in [-0.05, 0) is 55.8 Å². The molecule has 1 aliphatic heterocycles. The summed E-state index contributed by atoms with van der Waals surface area (Å²) < 4.78 is 44.9. The normalized spacial score (nSPS) is 14.3. The lowest BCUT2D eigenvalue weighted by molar-refractivity contribution is -0.139. The van der Waals surface area contributed by atoms with Crippen molar-refractivity contribution in [1.29, 1.82) is 0 Å². The minimum atomic E-state index is -3.64. The molecule has 0 amide bonds. The Kier molecular flexibility index (Phi) is 8.75. The number of carbonyl (C=O) groups is 1. The number of hydrogen-bond donors (Lipinski definition) is 1. The number of anilines is 1. The van der Waals surface area contributed by atoms with Crippen LogP contribution < -0.4 is 19.1 Å². The fourth-order valence-corrected chi connectivity index (χ4v) is 5.52. The lowest BCUT2D eigenvalue weighted by atomic mass is 10.2. The third-order valence-electron chi connectivity index (χ3n) is 5.95. The highest BCUT2D eigenvalue weighted by Gasteiger charge is 2.29. The molecule has 10 heteroatoms. The van der Waals surface area contributed by atoms with E-state index in [-0.39, 0.29) is 11.0 Å². The van der Waals surface area contributed by atoms with Crippen LogP contribution in [0.15, 0.2) is 77.7 Å². The molecule has 202 valence electrons. The van der Waals surface area contributed by atoms with Gasteiger partial charge in [-0.1, -0.05) is 30.3 Å². The number of benzene rings is 3. The van der Waals surface area contributed by atoms with Crippen molar-refractivity contribution in [3.05, 3.63) is 78.4 Å². The van der Waals surface area contributed by atoms with Crippen molar-refractivity contribution < 1.29 is 32.5 Å². The fourth-order valence-electron chi connectivity index (χ4n) is 4.10. The van der Waals surface area contributed by atoms with Gasteiger partial charge in [0.15, 0.2) is 18.1 Å². The molecular weight excluding hydrogens is 508 g/mol. The van der Waals surface area contributed by atoms with E-state index in [4.69, 9.17) is 19.3 Å². The molecule has 0 aromatic heterocycles. The molecule has 38 heavy (non-hydrogen) atoms. The maximum absolute atomic E-state index is 13.2. The second-order valence-electron chi connectivity index (χ2n) is 9.12. The Morgan fingerprint density at radius 3 is 2.21 bits per heavy atom. The topological polar surface area (TPSA) is 106 Å². The predicted molar refractivity (Wildman–Crippen MR) is 144 cm³/mol. The highest BCUT2D eigenvalue weighted by atomic mass is 32.2. The SMILES string of the molecule is CC(C)Oc1ccc(S(=O)(=O)N2CCN(c3ccc(OCc4ccccc4)c(OCC(=O)O)c3)CC2)cc1. The van der Waals surface area contributed by atoms with Gasteiger partial charge >= 0.3 is 5.97 Å². The Morgan fingerprint density at radius 1 is 0.895 bits per heavy atom. The van der Waals surface area contributed by atoms with Gasteiger partial charge in [-0.2, -0.15) is 4.31 Å². The first-order valence-electron chi connectivity index (χ1n) is 12.4. The minimum Gasteiger partial charge on any atom is -0.491 e. The molecule has 0 aliphatic carbocycles. The summed E-state index contributed by atoms with van der Waals surface area (Å²) in [7, 11) is -3.64. The van der Waals surface area contributed by atoms with Crippen LogP contribution in [0.5, 0.6) is 17.2 Å². The standard InChI is InChI=1S/C28H32N2O7S/c1-21(2)37-24-9-11-25(12-10-24)38(33,34)30-16-14-29(15-17-30)23-8-13-26(27(18-23)36-20-28(31)32)35-19-22-6-4-3-5-7-22/h3-13,18,21H,14-17,19-20H2,1-2H3,(H,31,32). The summed E-state index contributed by atoms with van der Waals surface area (Å²) in [6.45, 7) is 5.19. The summed E-state index contributed by atoms with van der Waals surface area (Å²) in [6, 6.07) is 21.5. The Balaban J connectivity index is 1.43. The second kappa shape index (κ2) is 12.2. The molecule has 0 atom stereocenters. The van der Waals surface area contributed by atoms with Crippen LogP contribution in [-0.4, -0.2) is 62.7 Å². The zero-order valence-electron chi connectivity index (χ0n) is 21.4. The van der Waals surface area contributed by atoms with Crippen molar-refractivity contribution in [1.82, 2.24) is 4.31 Å². The van der Waals surface area contributed by atoms with E-state index in [0.717, 1.165) is 11.3 Å². The molecule has 1 heterocycles. The number of carboxylic acid groups (broad SMARTS) is 1. The summed E-state index contributed by atoms with van der Waals surface area (Å²) in [5.41, 5.74) is 1.77. The largest absolute Gasteiger partial charge is 0.491 e. The lowest BCUT2D eigenvalue weighted by Crippen LogP contribution is -2.48. The molecule has 4 rings (SSSR count). The number of rotatable bonds is 11. The van der Waals surface area contributed by atoms with E-state index in [1.807, 2.05) is 55.1 Å². The highest BCUT2D eigenvalue weighted by molar-refractivity contribution is 7.89. The molecule has 1 aliphatic rings. The van der Waals surface area contributed by atoms with Crippen LogP contribution >= 0.6 is 0 Å². The van der Waals surface area contributed by atoms with Gasteiger partial charge in [0, 0.05) is 37.9 Å². The van der Waals surface area contributed by atoms with Crippen molar-refractivity contribution in [3.63, 3.8) is 0 Å². The molecule has 0 radical (unpaired) electrons. The van der Waals surface area contributed by atoms with Gasteiger partial charge in [0.05, 0.1) is 11.0 Å². The highest BCUT2D eigenvalue weighted by Crippen LogP contribution is 2.33. The summed E-state index contributed by atoms with van der Waals surface area (Å²) >= 11 is 0. The van der Waals surface area contributed by atoms with Crippen LogP contribution in [0, 0.1) is 0 Å². The second-order valence-corrected chi connectivity index (χ2v) is 11.1. The van der Waals surface area contributed by atoms with Crippen LogP contribution in [0.25, 0.3) is 0 Å². The van der Waals surface area contributed by atoms with E-state index < -0.39 is 22.6 Å². The number of ether oxygens (including phenoxy) is 3. The molecule has 0 unspecified atom stereocenters. The summed E-state index contributed by atoms with van der Waals surface area (Å²) in [5.74, 6) is 0.289. The third kappa shape index (κ3) is 6.96. The third-order valence-corrected chi connectivity index (χ3v) is 7.87. The van der Waals surface area contributed by atoms with Gasteiger partial charge in [0.1, 0.15) is 12.4 Å². The van der Waals surface area contributed by atoms with Crippen LogP contribution in [-0.2, 0) is 21.4 Å². The number of carboxylic acids is 1. The van der Waals surface area contributed by atoms with Crippen molar-refractivity contribution >= 4 is 21.7 Å². The number of nitrogens with zero attached hydrogens (tertiary/aromatic N) is 2. The molecule has 1 saturated heterocycles. The molecule has 1 N–H and O–H groups in total. The summed E-state index contributed by atoms with van der Waals surface area (Å²) in [5, 5.41) is 9.10. The monoisotopic (exact) mass is 540 g/mol. The predicted octanol–water partition coefficient (Wildman–Crippen LogP) is 4.03. The average molecular weight is 541 g/mol. The number of sulfonamides is 1. The van der Waals surface area contributed by atoms with Gasteiger partial charge in [-0.3, -0.25) is 0 Å². The van der Waals surface area contributed by atoms with E-state index in [2.05, 4.69) is 0 Å². The molecular formula is C28H32N2O7S. The lowest BCUT2D eigenvalue weighted by Gasteiger charge is -2.35. The summed E-state index contributed by atoms with van der Waals surface area (Å²) in [6.07, 6.45) is 0.00469. The minimum absolute atomic E-state index is 0.00469. The van der Waals surface area contributed by atoms with Gasteiger partial charge < -0.3 is 24.2 Å². The first-order chi connectivity index (χ1) is 18.2. The van der Waals surface area contributed by atoms with E-state index in [0.29, 0.717) is 50.0 Å². The molecule has 3 aromatic carbocycles. The quantitative estimate of drug-likeness (QED) is 0.389. The van der Waals surface area contributed by atoms with Crippen LogP contribution in [0.1, 0.15) is 19.4 Å². The molecule has 9 nitrogen and oxygen atoms in total. The smallest absolute Gasteiger partial charge is 0.341 e. The van der Waals surface area contributed by atoms with Crippen LogP contribution in [0.2, 0.25) is 0 Å². The van der Waals surface area contributed by atoms with E-state index in [9.17, 15) is 13.2 Å². The summed E-state index contributed by atoms with van der Waals surface area (Å²) in [4.78, 5) is 13.4. The number of piperazine rings is 1. The number of aliphatic carboxylic acids is 1. The van der Waals surface area contributed by atoms with E-state index in [1.165, 1.54) is 4.31 Å². The molecule has 1 fully saturated rings. The Hall–Kier alpha value is -3.76. The molecule has 0 saturated carbocycles. The molecule has 0 bridgehead atoms. The maximum atomic E-state index is 13.2.